The number of rotatable bonds is 9. The number of carbonyl (C=O) groups is 1. The molecule has 1 saturated carbocycles. The van der Waals surface area contributed by atoms with Crippen molar-refractivity contribution >= 4 is 39.1 Å². The van der Waals surface area contributed by atoms with Gasteiger partial charge in [0.15, 0.2) is 0 Å². The molecule has 3 aliphatic heterocycles. The number of sulfonamides is 1. The van der Waals surface area contributed by atoms with Crippen molar-refractivity contribution in [3.63, 3.8) is 0 Å². The predicted octanol–water partition coefficient (Wildman–Crippen LogP) is 3.35. The van der Waals surface area contributed by atoms with Crippen molar-refractivity contribution < 1.29 is 13.2 Å². The summed E-state index contributed by atoms with van der Waals surface area (Å²) in [5.41, 5.74) is 1.10. The second-order valence-corrected chi connectivity index (χ2v) is 14.1. The molecule has 1 aromatic carbocycles. The maximum absolute atomic E-state index is 12.7. The zero-order valence-electron chi connectivity index (χ0n) is 21.1. The number of piperidine rings is 2. The Morgan fingerprint density at radius 2 is 1.81 bits per heavy atom. The Bertz CT molecular complexity index is 1070. The molecule has 200 valence electrons. The summed E-state index contributed by atoms with van der Waals surface area (Å²) in [6, 6.07) is 6.62. The van der Waals surface area contributed by atoms with E-state index in [1.165, 1.54) is 24.7 Å². The van der Waals surface area contributed by atoms with E-state index in [0.29, 0.717) is 28.4 Å². The largest absolute Gasteiger partial charge is 0.342 e. The van der Waals surface area contributed by atoms with Crippen LogP contribution in [0.3, 0.4) is 0 Å². The molecule has 1 unspecified atom stereocenters. The van der Waals surface area contributed by atoms with Crippen LogP contribution >= 0.6 is 23.2 Å². The Kier molecular flexibility index (Phi) is 7.93. The molecule has 4 fully saturated rings. The minimum Gasteiger partial charge on any atom is -0.342 e. The van der Waals surface area contributed by atoms with Gasteiger partial charge in [0.2, 0.25) is 15.9 Å². The van der Waals surface area contributed by atoms with Crippen molar-refractivity contribution in [3.05, 3.63) is 33.8 Å². The average Bonchev–Trinajstić information content (AvgIpc) is 3.61. The summed E-state index contributed by atoms with van der Waals surface area (Å²) >= 11 is 12.7. The van der Waals surface area contributed by atoms with Crippen LogP contribution in [0.15, 0.2) is 18.2 Å². The van der Waals surface area contributed by atoms with Gasteiger partial charge in [0.25, 0.3) is 0 Å². The second kappa shape index (κ2) is 10.7. The van der Waals surface area contributed by atoms with E-state index in [2.05, 4.69) is 25.5 Å². The Labute approximate surface area is 225 Å². The summed E-state index contributed by atoms with van der Waals surface area (Å²) in [4.78, 5) is 19.9. The molecule has 4 aliphatic rings. The SMILES string of the molecule is CS(=O)(=O)NC1CCN(C2CN(CCC3(c4ccc(Cl)c(Cl)c4)CCC(=O)N(CC4CC4)C3)C2)CC1. The molecule has 1 amide bonds. The first kappa shape index (κ1) is 26.7. The van der Waals surface area contributed by atoms with Crippen LogP contribution < -0.4 is 4.72 Å². The number of nitrogens with zero attached hydrogens (tertiary/aromatic N) is 3. The van der Waals surface area contributed by atoms with Crippen LogP contribution in [0.25, 0.3) is 0 Å². The lowest BCUT2D eigenvalue weighted by Gasteiger charge is -2.49. The molecule has 1 N–H and O–H groups in total. The number of nitrogens with one attached hydrogen (secondary N) is 1. The van der Waals surface area contributed by atoms with Crippen LogP contribution in [0, 0.1) is 5.92 Å². The van der Waals surface area contributed by atoms with Gasteiger partial charge in [-0.25, -0.2) is 13.1 Å². The monoisotopic (exact) mass is 556 g/mol. The van der Waals surface area contributed by atoms with Gasteiger partial charge in [-0.15, -0.1) is 0 Å². The maximum atomic E-state index is 12.7. The van der Waals surface area contributed by atoms with Crippen LogP contribution in [0.4, 0.5) is 0 Å². The molecule has 3 heterocycles. The number of carbonyl (C=O) groups excluding carboxylic acids is 1. The van der Waals surface area contributed by atoms with Crippen molar-refractivity contribution in [1.82, 2.24) is 19.4 Å². The lowest BCUT2D eigenvalue weighted by Crippen LogP contribution is -2.62. The van der Waals surface area contributed by atoms with E-state index in [0.717, 1.165) is 71.5 Å². The minimum atomic E-state index is -3.14. The summed E-state index contributed by atoms with van der Waals surface area (Å²) in [6.45, 7) is 6.62. The quantitative estimate of drug-likeness (QED) is 0.505. The summed E-state index contributed by atoms with van der Waals surface area (Å²) in [6.07, 6.45) is 7.88. The van der Waals surface area contributed by atoms with Crippen molar-refractivity contribution in [1.29, 1.82) is 0 Å². The van der Waals surface area contributed by atoms with E-state index in [4.69, 9.17) is 23.2 Å². The van der Waals surface area contributed by atoms with E-state index in [9.17, 15) is 13.2 Å². The fourth-order valence-corrected chi connectivity index (χ4v) is 7.38. The molecule has 7 nitrogen and oxygen atoms in total. The molecule has 0 spiro atoms. The third kappa shape index (κ3) is 6.38. The van der Waals surface area contributed by atoms with Crippen molar-refractivity contribution in [2.24, 2.45) is 5.92 Å². The van der Waals surface area contributed by atoms with Gasteiger partial charge in [-0.3, -0.25) is 9.69 Å². The number of hydrogen-bond donors (Lipinski definition) is 1. The Morgan fingerprint density at radius 1 is 1.08 bits per heavy atom. The number of hydrogen-bond acceptors (Lipinski definition) is 5. The first-order valence-electron chi connectivity index (χ1n) is 13.3. The Morgan fingerprint density at radius 3 is 2.44 bits per heavy atom. The Balaban J connectivity index is 1.18. The number of benzene rings is 1. The van der Waals surface area contributed by atoms with Gasteiger partial charge in [-0.05, 0) is 68.7 Å². The highest BCUT2D eigenvalue weighted by Gasteiger charge is 2.43. The smallest absolute Gasteiger partial charge is 0.222 e. The molecule has 1 atom stereocenters. The average molecular weight is 558 g/mol. The molecule has 1 aromatic rings. The Hall–Kier alpha value is -0.900. The highest BCUT2D eigenvalue weighted by molar-refractivity contribution is 7.88. The van der Waals surface area contributed by atoms with E-state index in [1.807, 2.05) is 12.1 Å². The molecular weight excluding hydrogens is 519 g/mol. The molecule has 0 aromatic heterocycles. The molecule has 5 rings (SSSR count). The summed E-state index contributed by atoms with van der Waals surface area (Å²) in [5, 5.41) is 1.15. The minimum absolute atomic E-state index is 0.0612. The predicted molar refractivity (Wildman–Crippen MR) is 144 cm³/mol. The van der Waals surface area contributed by atoms with Gasteiger partial charge < -0.3 is 9.80 Å². The van der Waals surface area contributed by atoms with E-state index < -0.39 is 10.0 Å². The zero-order chi connectivity index (χ0) is 25.5. The fourth-order valence-electron chi connectivity index (χ4n) is 6.24. The van der Waals surface area contributed by atoms with Crippen LogP contribution in [-0.4, -0.2) is 93.2 Å². The second-order valence-electron chi connectivity index (χ2n) is 11.5. The van der Waals surface area contributed by atoms with E-state index in [1.54, 1.807) is 0 Å². The van der Waals surface area contributed by atoms with Crippen molar-refractivity contribution in [2.75, 3.05) is 52.1 Å². The number of halogens is 2. The summed E-state index contributed by atoms with van der Waals surface area (Å²) in [7, 11) is -3.14. The molecule has 1 aliphatic carbocycles. The van der Waals surface area contributed by atoms with E-state index in [-0.39, 0.29) is 17.4 Å². The van der Waals surface area contributed by atoms with Gasteiger partial charge >= 0.3 is 0 Å². The van der Waals surface area contributed by atoms with Gasteiger partial charge in [0.05, 0.1) is 16.3 Å². The number of amides is 1. The van der Waals surface area contributed by atoms with Gasteiger partial charge in [0, 0.05) is 63.2 Å². The molecule has 10 heteroatoms. The lowest BCUT2D eigenvalue weighted by molar-refractivity contribution is -0.136. The van der Waals surface area contributed by atoms with Crippen molar-refractivity contribution in [2.45, 2.75) is 62.4 Å². The molecular formula is C26H38Cl2N4O3S. The number of likely N-dealkylation sites (tertiary alicyclic amines) is 3. The molecule has 3 saturated heterocycles. The van der Waals surface area contributed by atoms with Crippen LogP contribution in [0.2, 0.25) is 10.0 Å². The standard InChI is InChI=1S/C26H38Cl2N4O3S/c1-36(34,35)29-21-7-11-31(12-8-21)22-16-30(17-22)13-10-26(20-4-5-23(27)24(28)14-20)9-6-25(33)32(18-26)15-19-2-3-19/h4-5,14,19,21-22,29H,2-3,6-13,15-18H2,1H3. The fraction of sp³-hybridized carbons (Fsp3) is 0.731. The van der Waals surface area contributed by atoms with Gasteiger partial charge in [-0.1, -0.05) is 29.3 Å². The maximum Gasteiger partial charge on any atom is 0.222 e. The molecule has 0 bridgehead atoms. The van der Waals surface area contributed by atoms with Crippen LogP contribution in [0.1, 0.15) is 50.5 Å². The van der Waals surface area contributed by atoms with Crippen LogP contribution in [0.5, 0.6) is 0 Å². The first-order valence-corrected chi connectivity index (χ1v) is 15.9. The molecule has 36 heavy (non-hydrogen) atoms. The third-order valence-corrected chi connectivity index (χ3v) is 10.1. The third-order valence-electron chi connectivity index (χ3n) is 8.64. The topological polar surface area (TPSA) is 73.0 Å². The van der Waals surface area contributed by atoms with Crippen LogP contribution in [-0.2, 0) is 20.2 Å². The lowest BCUT2D eigenvalue weighted by atomic mass is 9.71. The highest BCUT2D eigenvalue weighted by atomic mass is 35.5. The van der Waals surface area contributed by atoms with Crippen molar-refractivity contribution in [3.8, 4) is 0 Å². The first-order chi connectivity index (χ1) is 17.1. The van der Waals surface area contributed by atoms with E-state index >= 15 is 0 Å². The zero-order valence-corrected chi connectivity index (χ0v) is 23.4. The normalized spacial score (nSPS) is 27.4. The molecule has 0 radical (unpaired) electrons. The van der Waals surface area contributed by atoms with Gasteiger partial charge in [0.1, 0.15) is 0 Å². The summed E-state index contributed by atoms with van der Waals surface area (Å²) < 4.78 is 25.8. The van der Waals surface area contributed by atoms with Gasteiger partial charge in [-0.2, -0.15) is 0 Å². The summed E-state index contributed by atoms with van der Waals surface area (Å²) in [5.74, 6) is 0.960. The highest BCUT2D eigenvalue weighted by Crippen LogP contribution is 2.42.